The monoisotopic (exact) mass is 394 g/mol. The molecule has 0 spiro atoms. The topological polar surface area (TPSA) is 67.8 Å². The summed E-state index contributed by atoms with van der Waals surface area (Å²) in [4.78, 5) is 26.6. The third-order valence-corrected chi connectivity index (χ3v) is 6.35. The first-order valence-corrected chi connectivity index (χ1v) is 10.4. The Bertz CT molecular complexity index is 1040. The van der Waals surface area contributed by atoms with Crippen LogP contribution in [0.2, 0.25) is 0 Å². The van der Waals surface area contributed by atoms with E-state index in [1.54, 1.807) is 17.5 Å². The van der Waals surface area contributed by atoms with Gasteiger partial charge in [-0.25, -0.2) is 9.97 Å². The summed E-state index contributed by atoms with van der Waals surface area (Å²) in [5, 5.41) is 4.88. The van der Waals surface area contributed by atoms with E-state index in [2.05, 4.69) is 26.3 Å². The van der Waals surface area contributed by atoms with Crippen molar-refractivity contribution in [2.24, 2.45) is 0 Å². The van der Waals surface area contributed by atoms with Crippen LogP contribution in [0.3, 0.4) is 0 Å². The molecule has 0 bridgehead atoms. The molecule has 1 aromatic carbocycles. The second kappa shape index (κ2) is 7.94. The fourth-order valence-corrected chi connectivity index (χ4v) is 4.72. The molecule has 0 saturated carbocycles. The van der Waals surface area contributed by atoms with Crippen molar-refractivity contribution >= 4 is 38.8 Å². The van der Waals surface area contributed by atoms with Crippen molar-refractivity contribution in [3.63, 3.8) is 0 Å². The number of benzene rings is 1. The van der Waals surface area contributed by atoms with Crippen LogP contribution in [0.4, 0.5) is 0 Å². The number of aryl methyl sites for hydroxylation is 2. The van der Waals surface area contributed by atoms with Gasteiger partial charge in [0.1, 0.15) is 9.88 Å². The van der Waals surface area contributed by atoms with E-state index in [1.807, 2.05) is 43.3 Å². The van der Waals surface area contributed by atoms with Crippen molar-refractivity contribution in [2.45, 2.75) is 19.8 Å². The minimum atomic E-state index is -0.0727. The minimum absolute atomic E-state index is 0.0727. The van der Waals surface area contributed by atoms with E-state index in [0.29, 0.717) is 11.4 Å². The quantitative estimate of drug-likeness (QED) is 0.490. The maximum Gasteiger partial charge on any atom is 0.263 e. The van der Waals surface area contributed by atoms with Crippen LogP contribution in [0.25, 0.3) is 20.9 Å². The molecule has 4 aromatic rings. The zero-order valence-corrected chi connectivity index (χ0v) is 16.4. The number of fused-ring (bicyclic) bond motifs is 1. The van der Waals surface area contributed by atoms with Gasteiger partial charge >= 0.3 is 0 Å². The molecule has 1 amide bonds. The molecule has 0 saturated heterocycles. The summed E-state index contributed by atoms with van der Waals surface area (Å²) >= 11 is 3.10. The van der Waals surface area contributed by atoms with Gasteiger partial charge in [-0.15, -0.1) is 22.7 Å². The summed E-state index contributed by atoms with van der Waals surface area (Å²) in [6, 6.07) is 13.8. The van der Waals surface area contributed by atoms with Gasteiger partial charge in [-0.1, -0.05) is 18.2 Å². The molecule has 0 radical (unpaired) electrons. The summed E-state index contributed by atoms with van der Waals surface area (Å²) in [6.45, 7) is 2.48. The van der Waals surface area contributed by atoms with Gasteiger partial charge in [-0.2, -0.15) is 0 Å². The van der Waals surface area contributed by atoms with Gasteiger partial charge < -0.3 is 5.32 Å². The first-order chi connectivity index (χ1) is 13.2. The standard InChI is InChI=1S/C20H18N4OS2/c1-13-18(27-20(23-13)15-8-4-5-11-21-15)19(25)22-12-6-10-17-24-14-7-2-3-9-16(14)26-17/h2-5,7-9,11H,6,10,12H2,1H3,(H,22,25). The lowest BCUT2D eigenvalue weighted by Crippen LogP contribution is -2.24. The van der Waals surface area contributed by atoms with E-state index >= 15 is 0 Å². The van der Waals surface area contributed by atoms with Crippen molar-refractivity contribution < 1.29 is 4.79 Å². The van der Waals surface area contributed by atoms with Crippen LogP contribution in [-0.4, -0.2) is 27.4 Å². The molecule has 0 aliphatic carbocycles. The van der Waals surface area contributed by atoms with Crippen LogP contribution in [0.15, 0.2) is 48.7 Å². The van der Waals surface area contributed by atoms with Gasteiger partial charge in [0.25, 0.3) is 5.91 Å². The van der Waals surface area contributed by atoms with E-state index < -0.39 is 0 Å². The molecule has 0 unspecified atom stereocenters. The third kappa shape index (κ3) is 4.04. The van der Waals surface area contributed by atoms with Gasteiger partial charge in [-0.3, -0.25) is 9.78 Å². The number of amides is 1. The molecule has 0 aliphatic rings. The fraction of sp³-hybridized carbons (Fsp3) is 0.200. The van der Waals surface area contributed by atoms with Crippen molar-refractivity contribution in [1.82, 2.24) is 20.3 Å². The normalized spacial score (nSPS) is 11.0. The Morgan fingerprint density at radius 1 is 1.07 bits per heavy atom. The molecular weight excluding hydrogens is 376 g/mol. The van der Waals surface area contributed by atoms with Crippen LogP contribution in [0.1, 0.15) is 26.8 Å². The van der Waals surface area contributed by atoms with Gasteiger partial charge in [0.15, 0.2) is 0 Å². The van der Waals surface area contributed by atoms with E-state index in [0.717, 1.165) is 39.8 Å². The summed E-state index contributed by atoms with van der Waals surface area (Å²) in [6.07, 6.45) is 3.45. The number of aromatic nitrogens is 3. The molecular formula is C20H18N4OS2. The largest absolute Gasteiger partial charge is 0.351 e. The lowest BCUT2D eigenvalue weighted by molar-refractivity contribution is 0.0956. The Balaban J connectivity index is 1.33. The first kappa shape index (κ1) is 17.8. The molecule has 5 nitrogen and oxygen atoms in total. The Morgan fingerprint density at radius 3 is 2.74 bits per heavy atom. The Morgan fingerprint density at radius 2 is 1.93 bits per heavy atom. The number of carbonyl (C=O) groups is 1. The number of para-hydroxylation sites is 1. The zero-order valence-electron chi connectivity index (χ0n) is 14.8. The van der Waals surface area contributed by atoms with Crippen LogP contribution in [0, 0.1) is 6.92 Å². The van der Waals surface area contributed by atoms with Crippen LogP contribution in [-0.2, 0) is 6.42 Å². The minimum Gasteiger partial charge on any atom is -0.351 e. The number of nitrogens with zero attached hydrogens (tertiary/aromatic N) is 3. The van der Waals surface area contributed by atoms with Crippen LogP contribution >= 0.6 is 22.7 Å². The Hall–Kier alpha value is -2.64. The zero-order chi connectivity index (χ0) is 18.6. The van der Waals surface area contributed by atoms with E-state index in [4.69, 9.17) is 0 Å². The van der Waals surface area contributed by atoms with Crippen molar-refractivity contribution in [1.29, 1.82) is 0 Å². The maximum atomic E-state index is 12.5. The number of carbonyl (C=O) groups excluding carboxylic acids is 1. The van der Waals surface area contributed by atoms with E-state index in [1.165, 1.54) is 16.0 Å². The number of pyridine rings is 1. The smallest absolute Gasteiger partial charge is 0.263 e. The van der Waals surface area contributed by atoms with Crippen molar-refractivity contribution in [3.8, 4) is 10.7 Å². The molecule has 136 valence electrons. The van der Waals surface area contributed by atoms with Crippen molar-refractivity contribution in [2.75, 3.05) is 6.54 Å². The highest BCUT2D eigenvalue weighted by molar-refractivity contribution is 7.18. The highest BCUT2D eigenvalue weighted by Gasteiger charge is 2.16. The van der Waals surface area contributed by atoms with Crippen LogP contribution < -0.4 is 5.32 Å². The second-order valence-corrected chi connectivity index (χ2v) is 8.20. The Labute approximate surface area is 165 Å². The number of thiazole rings is 2. The van der Waals surface area contributed by atoms with Gasteiger partial charge in [0.2, 0.25) is 0 Å². The molecule has 0 aliphatic heterocycles. The first-order valence-electron chi connectivity index (χ1n) is 8.72. The van der Waals surface area contributed by atoms with Gasteiger partial charge in [-0.05, 0) is 37.6 Å². The second-order valence-electron chi connectivity index (χ2n) is 6.08. The molecule has 0 atom stereocenters. The SMILES string of the molecule is Cc1nc(-c2ccccn2)sc1C(=O)NCCCc1nc2ccccc2s1. The van der Waals surface area contributed by atoms with Gasteiger partial charge in [0, 0.05) is 19.2 Å². The molecule has 3 heterocycles. The predicted molar refractivity (Wildman–Crippen MR) is 110 cm³/mol. The molecule has 4 rings (SSSR count). The summed E-state index contributed by atoms with van der Waals surface area (Å²) in [5.41, 5.74) is 2.58. The number of nitrogens with one attached hydrogen (secondary N) is 1. The summed E-state index contributed by atoms with van der Waals surface area (Å²) < 4.78 is 1.21. The number of hydrogen-bond acceptors (Lipinski definition) is 6. The number of hydrogen-bond donors (Lipinski definition) is 1. The highest BCUT2D eigenvalue weighted by Crippen LogP contribution is 2.26. The molecule has 7 heteroatoms. The number of rotatable bonds is 6. The Kier molecular flexibility index (Phi) is 5.22. The summed E-state index contributed by atoms with van der Waals surface area (Å²) in [7, 11) is 0. The highest BCUT2D eigenvalue weighted by atomic mass is 32.1. The van der Waals surface area contributed by atoms with Gasteiger partial charge in [0.05, 0.1) is 26.6 Å². The average Bonchev–Trinajstić information content (AvgIpc) is 3.29. The fourth-order valence-electron chi connectivity index (χ4n) is 2.75. The summed E-state index contributed by atoms with van der Waals surface area (Å²) in [5.74, 6) is -0.0727. The molecule has 1 N–H and O–H groups in total. The predicted octanol–water partition coefficient (Wildman–Crippen LogP) is 4.49. The lowest BCUT2D eigenvalue weighted by atomic mass is 10.3. The molecule has 0 fully saturated rings. The molecule has 3 aromatic heterocycles. The molecule has 27 heavy (non-hydrogen) atoms. The maximum absolute atomic E-state index is 12.5. The third-order valence-electron chi connectivity index (χ3n) is 4.08. The van der Waals surface area contributed by atoms with E-state index in [-0.39, 0.29) is 5.91 Å². The average molecular weight is 395 g/mol. The van der Waals surface area contributed by atoms with Crippen LogP contribution in [0.5, 0.6) is 0 Å². The van der Waals surface area contributed by atoms with E-state index in [9.17, 15) is 4.79 Å². The van der Waals surface area contributed by atoms with Crippen molar-refractivity contribution in [3.05, 3.63) is 64.2 Å². The lowest BCUT2D eigenvalue weighted by Gasteiger charge is -2.02.